The van der Waals surface area contributed by atoms with Gasteiger partial charge in [-0.15, -0.1) is 0 Å². The SMILES string of the molecule is CC(C)(C)C(N)C(=O)c1ccc(C(F)(F)F)c(F)c1. The summed E-state index contributed by atoms with van der Waals surface area (Å²) < 4.78 is 50.5. The second-order valence-electron chi connectivity index (χ2n) is 5.40. The van der Waals surface area contributed by atoms with E-state index in [0.29, 0.717) is 12.1 Å². The van der Waals surface area contributed by atoms with Crippen LogP contribution in [0.25, 0.3) is 0 Å². The third kappa shape index (κ3) is 3.53. The molecule has 0 aliphatic heterocycles. The number of carbonyl (C=O) groups excluding carboxylic acids is 1. The number of benzene rings is 1. The van der Waals surface area contributed by atoms with Crippen LogP contribution in [0.3, 0.4) is 0 Å². The van der Waals surface area contributed by atoms with Crippen LogP contribution in [0.1, 0.15) is 36.7 Å². The van der Waals surface area contributed by atoms with Gasteiger partial charge in [-0.05, 0) is 17.5 Å². The van der Waals surface area contributed by atoms with Crippen molar-refractivity contribution in [3.05, 3.63) is 35.1 Å². The summed E-state index contributed by atoms with van der Waals surface area (Å²) >= 11 is 0. The summed E-state index contributed by atoms with van der Waals surface area (Å²) in [5, 5.41) is 0. The molecule has 1 unspecified atom stereocenters. The summed E-state index contributed by atoms with van der Waals surface area (Å²) in [5.41, 5.74) is 3.59. The van der Waals surface area contributed by atoms with Gasteiger partial charge in [0, 0.05) is 5.56 Å². The third-order valence-electron chi connectivity index (χ3n) is 2.77. The van der Waals surface area contributed by atoms with Gasteiger partial charge < -0.3 is 5.73 Å². The molecule has 0 saturated carbocycles. The molecule has 0 radical (unpaired) electrons. The Kier molecular flexibility index (Phi) is 4.05. The summed E-state index contributed by atoms with van der Waals surface area (Å²) in [7, 11) is 0. The highest BCUT2D eigenvalue weighted by Gasteiger charge is 2.35. The van der Waals surface area contributed by atoms with Crippen molar-refractivity contribution in [3.63, 3.8) is 0 Å². The number of alkyl halides is 3. The van der Waals surface area contributed by atoms with Crippen LogP contribution < -0.4 is 5.73 Å². The molecule has 2 N–H and O–H groups in total. The van der Waals surface area contributed by atoms with E-state index >= 15 is 0 Å². The number of hydrogen-bond donors (Lipinski definition) is 1. The van der Waals surface area contributed by atoms with Crippen LogP contribution in [0.2, 0.25) is 0 Å². The van der Waals surface area contributed by atoms with Gasteiger partial charge in [0.05, 0.1) is 11.6 Å². The minimum Gasteiger partial charge on any atom is -0.321 e. The average molecular weight is 277 g/mol. The van der Waals surface area contributed by atoms with Crippen LogP contribution >= 0.6 is 0 Å². The van der Waals surface area contributed by atoms with Gasteiger partial charge in [-0.25, -0.2) is 4.39 Å². The van der Waals surface area contributed by atoms with Gasteiger partial charge in [0.15, 0.2) is 5.78 Å². The molecular weight excluding hydrogens is 262 g/mol. The Morgan fingerprint density at radius 2 is 1.74 bits per heavy atom. The molecule has 2 nitrogen and oxygen atoms in total. The molecule has 0 saturated heterocycles. The van der Waals surface area contributed by atoms with Crippen molar-refractivity contribution < 1.29 is 22.4 Å². The highest BCUT2D eigenvalue weighted by molar-refractivity contribution is 6.00. The van der Waals surface area contributed by atoms with Crippen molar-refractivity contribution in [3.8, 4) is 0 Å². The Morgan fingerprint density at radius 3 is 2.11 bits per heavy atom. The minimum atomic E-state index is -4.78. The predicted molar refractivity (Wildman–Crippen MR) is 63.2 cm³/mol. The van der Waals surface area contributed by atoms with Crippen LogP contribution in [0.15, 0.2) is 18.2 Å². The molecule has 0 aliphatic rings. The Labute approximate surface area is 108 Å². The molecule has 0 heterocycles. The fourth-order valence-electron chi connectivity index (χ4n) is 1.47. The number of Topliss-reactive ketones (excluding diaryl/α,β-unsaturated/α-hetero) is 1. The van der Waals surface area contributed by atoms with Gasteiger partial charge in [0.1, 0.15) is 5.82 Å². The lowest BCUT2D eigenvalue weighted by Gasteiger charge is -2.25. The number of nitrogens with two attached hydrogens (primary N) is 1. The minimum absolute atomic E-state index is 0.159. The molecule has 1 rings (SSSR count). The summed E-state index contributed by atoms with van der Waals surface area (Å²) in [5.74, 6) is -2.06. The van der Waals surface area contributed by atoms with Crippen LogP contribution in [-0.2, 0) is 6.18 Å². The van der Waals surface area contributed by atoms with Crippen molar-refractivity contribution >= 4 is 5.78 Å². The predicted octanol–water partition coefficient (Wildman–Crippen LogP) is 3.40. The summed E-state index contributed by atoms with van der Waals surface area (Å²) in [6.07, 6.45) is -4.78. The fourth-order valence-corrected chi connectivity index (χ4v) is 1.47. The highest BCUT2D eigenvalue weighted by atomic mass is 19.4. The number of ketones is 1. The molecule has 1 aromatic carbocycles. The zero-order valence-electron chi connectivity index (χ0n) is 10.8. The molecule has 0 bridgehead atoms. The van der Waals surface area contributed by atoms with E-state index in [4.69, 9.17) is 5.73 Å². The molecule has 106 valence electrons. The van der Waals surface area contributed by atoms with Crippen molar-refractivity contribution in [2.24, 2.45) is 11.1 Å². The van der Waals surface area contributed by atoms with Crippen molar-refractivity contribution in [2.75, 3.05) is 0 Å². The van der Waals surface area contributed by atoms with E-state index in [1.54, 1.807) is 20.8 Å². The smallest absolute Gasteiger partial charge is 0.321 e. The molecule has 0 aromatic heterocycles. The van der Waals surface area contributed by atoms with Gasteiger partial charge >= 0.3 is 6.18 Å². The van der Waals surface area contributed by atoms with E-state index in [0.717, 1.165) is 6.07 Å². The Hall–Kier alpha value is -1.43. The largest absolute Gasteiger partial charge is 0.419 e. The number of hydrogen-bond acceptors (Lipinski definition) is 2. The van der Waals surface area contributed by atoms with Crippen LogP contribution in [0.4, 0.5) is 17.6 Å². The van der Waals surface area contributed by atoms with E-state index in [9.17, 15) is 22.4 Å². The molecule has 0 spiro atoms. The van der Waals surface area contributed by atoms with E-state index < -0.39 is 34.8 Å². The summed E-state index contributed by atoms with van der Waals surface area (Å²) in [4.78, 5) is 11.9. The van der Waals surface area contributed by atoms with E-state index in [1.165, 1.54) is 0 Å². The molecule has 1 atom stereocenters. The van der Waals surface area contributed by atoms with E-state index in [2.05, 4.69) is 0 Å². The number of rotatable bonds is 2. The molecule has 19 heavy (non-hydrogen) atoms. The Bertz CT molecular complexity index is 488. The van der Waals surface area contributed by atoms with Crippen LogP contribution in [-0.4, -0.2) is 11.8 Å². The van der Waals surface area contributed by atoms with Crippen LogP contribution in [0.5, 0.6) is 0 Å². The van der Waals surface area contributed by atoms with E-state index in [-0.39, 0.29) is 5.56 Å². The molecular formula is C13H15F4NO. The molecule has 0 amide bonds. The van der Waals surface area contributed by atoms with E-state index in [1.807, 2.05) is 0 Å². The number of carbonyl (C=O) groups is 1. The second kappa shape index (κ2) is 4.92. The average Bonchev–Trinajstić information content (AvgIpc) is 2.23. The molecule has 6 heteroatoms. The maximum Gasteiger partial charge on any atom is 0.419 e. The number of halogens is 4. The van der Waals surface area contributed by atoms with Gasteiger partial charge in [0.2, 0.25) is 0 Å². The Morgan fingerprint density at radius 1 is 1.21 bits per heavy atom. The normalized spacial score (nSPS) is 14.3. The maximum absolute atomic E-state index is 13.4. The first kappa shape index (κ1) is 15.6. The zero-order chi connectivity index (χ0) is 15.0. The lowest BCUT2D eigenvalue weighted by Crippen LogP contribution is -2.42. The van der Waals surface area contributed by atoms with Gasteiger partial charge in [-0.3, -0.25) is 4.79 Å². The topological polar surface area (TPSA) is 43.1 Å². The van der Waals surface area contributed by atoms with Crippen LogP contribution in [0, 0.1) is 11.2 Å². The summed E-state index contributed by atoms with van der Waals surface area (Å²) in [6, 6.07) is 1.16. The molecule has 0 aliphatic carbocycles. The quantitative estimate of drug-likeness (QED) is 0.665. The van der Waals surface area contributed by atoms with Crippen molar-refractivity contribution in [1.29, 1.82) is 0 Å². The molecule has 0 fully saturated rings. The van der Waals surface area contributed by atoms with Crippen molar-refractivity contribution in [2.45, 2.75) is 33.0 Å². The lowest BCUT2D eigenvalue weighted by atomic mass is 9.83. The second-order valence-corrected chi connectivity index (χ2v) is 5.40. The fraction of sp³-hybridized carbons (Fsp3) is 0.462. The lowest BCUT2D eigenvalue weighted by molar-refractivity contribution is -0.140. The first-order chi connectivity index (χ1) is 8.44. The standard InChI is InChI=1S/C13H15F4NO/c1-12(2,3)11(18)10(19)7-4-5-8(9(14)6-7)13(15,16)17/h4-6,11H,18H2,1-3H3. The van der Waals surface area contributed by atoms with Gasteiger partial charge in [-0.1, -0.05) is 26.8 Å². The molecule has 1 aromatic rings. The van der Waals surface area contributed by atoms with Crippen molar-refractivity contribution in [1.82, 2.24) is 0 Å². The maximum atomic E-state index is 13.4. The summed E-state index contributed by atoms with van der Waals surface area (Å²) in [6.45, 7) is 5.15. The monoisotopic (exact) mass is 277 g/mol. The third-order valence-corrected chi connectivity index (χ3v) is 2.77. The van der Waals surface area contributed by atoms with Gasteiger partial charge in [0.25, 0.3) is 0 Å². The zero-order valence-corrected chi connectivity index (χ0v) is 10.8. The Balaban J connectivity index is 3.12. The first-order valence-electron chi connectivity index (χ1n) is 5.61. The highest BCUT2D eigenvalue weighted by Crippen LogP contribution is 2.32. The first-order valence-corrected chi connectivity index (χ1v) is 5.61. The van der Waals surface area contributed by atoms with Gasteiger partial charge in [-0.2, -0.15) is 13.2 Å².